The molecule has 5 nitrogen and oxygen atoms in total. The lowest BCUT2D eigenvalue weighted by Crippen LogP contribution is -2.36. The van der Waals surface area contributed by atoms with Gasteiger partial charge < -0.3 is 10.2 Å². The highest BCUT2D eigenvalue weighted by atomic mass is 35.5. The van der Waals surface area contributed by atoms with Gasteiger partial charge in [-0.25, -0.2) is 0 Å². The number of carbonyl (C=O) groups excluding carboxylic acids is 1. The molecule has 0 aliphatic heterocycles. The summed E-state index contributed by atoms with van der Waals surface area (Å²) in [5.41, 5.74) is 1.94. The Kier molecular flexibility index (Phi) is 5.57. The summed E-state index contributed by atoms with van der Waals surface area (Å²) in [7, 11) is 5.80. The third kappa shape index (κ3) is 4.86. The zero-order valence-corrected chi connectivity index (χ0v) is 13.8. The average molecular weight is 321 g/mol. The number of nitrogens with one attached hydrogen (secondary N) is 1. The highest BCUT2D eigenvalue weighted by Crippen LogP contribution is 2.17. The molecular formula is C16H21ClN4O. The SMILES string of the molecule is CN(C)CC(NC(=O)Cc1cnn(C)c1)c1ccc(Cl)cc1. The maximum Gasteiger partial charge on any atom is 0.225 e. The van der Waals surface area contributed by atoms with Crippen LogP contribution in [-0.2, 0) is 18.3 Å². The molecule has 1 aromatic carbocycles. The maximum atomic E-state index is 12.3. The van der Waals surface area contributed by atoms with Crippen molar-refractivity contribution in [3.8, 4) is 0 Å². The number of nitrogens with zero attached hydrogens (tertiary/aromatic N) is 3. The summed E-state index contributed by atoms with van der Waals surface area (Å²) in [4.78, 5) is 14.3. The molecule has 0 spiro atoms. The third-order valence-corrected chi connectivity index (χ3v) is 3.53. The molecule has 0 fully saturated rings. The summed E-state index contributed by atoms with van der Waals surface area (Å²) in [5, 5.41) is 7.85. The van der Waals surface area contributed by atoms with Crippen LogP contribution in [0.4, 0.5) is 0 Å². The quantitative estimate of drug-likeness (QED) is 0.886. The number of hydrogen-bond donors (Lipinski definition) is 1. The van der Waals surface area contributed by atoms with Crippen LogP contribution in [0.3, 0.4) is 0 Å². The summed E-state index contributed by atoms with van der Waals surface area (Å²) in [6.07, 6.45) is 3.89. The fourth-order valence-electron chi connectivity index (χ4n) is 2.29. The number of likely N-dealkylation sites (N-methyl/N-ethyl adjacent to an activating group) is 1. The highest BCUT2D eigenvalue weighted by molar-refractivity contribution is 6.30. The molecule has 1 heterocycles. The van der Waals surface area contributed by atoms with Gasteiger partial charge in [-0.3, -0.25) is 9.48 Å². The molecule has 6 heteroatoms. The van der Waals surface area contributed by atoms with Gasteiger partial charge in [-0.05, 0) is 37.4 Å². The van der Waals surface area contributed by atoms with Crippen LogP contribution in [0.1, 0.15) is 17.2 Å². The minimum Gasteiger partial charge on any atom is -0.348 e. The van der Waals surface area contributed by atoms with Crippen molar-refractivity contribution in [3.63, 3.8) is 0 Å². The molecule has 0 bridgehead atoms. The Morgan fingerprint density at radius 3 is 2.59 bits per heavy atom. The lowest BCUT2D eigenvalue weighted by molar-refractivity contribution is -0.121. The minimum absolute atomic E-state index is 0.0187. The molecule has 0 saturated carbocycles. The molecule has 0 radical (unpaired) electrons. The summed E-state index contributed by atoms with van der Waals surface area (Å²) in [6.45, 7) is 0.723. The molecule has 118 valence electrons. The van der Waals surface area contributed by atoms with Crippen LogP contribution in [0.15, 0.2) is 36.7 Å². The number of rotatable bonds is 6. The Morgan fingerprint density at radius 2 is 2.05 bits per heavy atom. The number of hydrogen-bond acceptors (Lipinski definition) is 3. The predicted octanol–water partition coefficient (Wildman–Crippen LogP) is 2.04. The van der Waals surface area contributed by atoms with Crippen molar-refractivity contribution < 1.29 is 4.79 Å². The van der Waals surface area contributed by atoms with E-state index in [4.69, 9.17) is 11.6 Å². The second kappa shape index (κ2) is 7.42. The first-order valence-corrected chi connectivity index (χ1v) is 7.49. The van der Waals surface area contributed by atoms with E-state index in [9.17, 15) is 4.79 Å². The number of aromatic nitrogens is 2. The standard InChI is InChI=1S/C16H21ClN4O/c1-20(2)11-15(13-4-6-14(17)7-5-13)19-16(22)8-12-9-18-21(3)10-12/h4-7,9-10,15H,8,11H2,1-3H3,(H,19,22). The van der Waals surface area contributed by atoms with Gasteiger partial charge >= 0.3 is 0 Å². The third-order valence-electron chi connectivity index (χ3n) is 3.28. The van der Waals surface area contributed by atoms with Crippen molar-refractivity contribution in [2.75, 3.05) is 20.6 Å². The molecule has 2 rings (SSSR count). The largest absolute Gasteiger partial charge is 0.348 e. The number of amides is 1. The van der Waals surface area contributed by atoms with Gasteiger partial charge in [0.25, 0.3) is 0 Å². The van der Waals surface area contributed by atoms with E-state index in [0.717, 1.165) is 17.7 Å². The second-order valence-electron chi connectivity index (χ2n) is 5.63. The summed E-state index contributed by atoms with van der Waals surface area (Å²) >= 11 is 5.93. The molecule has 1 N–H and O–H groups in total. The van der Waals surface area contributed by atoms with E-state index >= 15 is 0 Å². The average Bonchev–Trinajstić information content (AvgIpc) is 2.83. The van der Waals surface area contributed by atoms with E-state index in [1.807, 2.05) is 56.5 Å². The monoisotopic (exact) mass is 320 g/mol. The van der Waals surface area contributed by atoms with Crippen LogP contribution in [-0.4, -0.2) is 41.2 Å². The molecule has 1 atom stereocenters. The summed E-state index contributed by atoms with van der Waals surface area (Å²) in [5.74, 6) is -0.0187. The molecule has 2 aromatic rings. The van der Waals surface area contributed by atoms with Crippen molar-refractivity contribution >= 4 is 17.5 Å². The van der Waals surface area contributed by atoms with Gasteiger partial charge in [0.2, 0.25) is 5.91 Å². The number of carbonyl (C=O) groups is 1. The normalized spacial score (nSPS) is 12.4. The van der Waals surface area contributed by atoms with Crippen LogP contribution >= 0.6 is 11.6 Å². The highest BCUT2D eigenvalue weighted by Gasteiger charge is 2.16. The molecule has 1 unspecified atom stereocenters. The van der Waals surface area contributed by atoms with Crippen molar-refractivity contribution in [2.24, 2.45) is 7.05 Å². The number of benzene rings is 1. The van der Waals surface area contributed by atoms with Gasteiger partial charge in [-0.1, -0.05) is 23.7 Å². The minimum atomic E-state index is -0.0727. The molecule has 22 heavy (non-hydrogen) atoms. The van der Waals surface area contributed by atoms with Crippen LogP contribution < -0.4 is 5.32 Å². The van der Waals surface area contributed by atoms with Crippen molar-refractivity contribution in [1.82, 2.24) is 20.0 Å². The first kappa shape index (κ1) is 16.5. The van der Waals surface area contributed by atoms with Crippen LogP contribution in [0.2, 0.25) is 5.02 Å². The van der Waals surface area contributed by atoms with Gasteiger partial charge in [0, 0.05) is 24.8 Å². The van der Waals surface area contributed by atoms with Crippen molar-refractivity contribution in [1.29, 1.82) is 0 Å². The Hall–Kier alpha value is -1.85. The van der Waals surface area contributed by atoms with E-state index in [0.29, 0.717) is 11.4 Å². The zero-order chi connectivity index (χ0) is 16.1. The Bertz CT molecular complexity index is 621. The van der Waals surface area contributed by atoms with Gasteiger partial charge in [0.05, 0.1) is 18.7 Å². The molecule has 0 saturated heterocycles. The van der Waals surface area contributed by atoms with E-state index in [1.54, 1.807) is 10.9 Å². The molecule has 1 amide bonds. The van der Waals surface area contributed by atoms with Gasteiger partial charge in [0.1, 0.15) is 0 Å². The van der Waals surface area contributed by atoms with Gasteiger partial charge in [0.15, 0.2) is 0 Å². The Balaban J connectivity index is 2.05. The number of aryl methyl sites for hydroxylation is 1. The number of halogens is 1. The molecular weight excluding hydrogens is 300 g/mol. The first-order valence-electron chi connectivity index (χ1n) is 7.11. The van der Waals surface area contributed by atoms with Gasteiger partial charge in [-0.15, -0.1) is 0 Å². The Morgan fingerprint density at radius 1 is 1.36 bits per heavy atom. The second-order valence-corrected chi connectivity index (χ2v) is 6.07. The van der Waals surface area contributed by atoms with E-state index in [2.05, 4.69) is 10.4 Å². The fourth-order valence-corrected chi connectivity index (χ4v) is 2.41. The lowest BCUT2D eigenvalue weighted by Gasteiger charge is -2.23. The molecule has 1 aromatic heterocycles. The zero-order valence-electron chi connectivity index (χ0n) is 13.1. The molecule has 0 aliphatic carbocycles. The predicted molar refractivity (Wildman–Crippen MR) is 87.8 cm³/mol. The maximum absolute atomic E-state index is 12.3. The summed E-state index contributed by atoms with van der Waals surface area (Å²) in [6, 6.07) is 7.50. The first-order chi connectivity index (χ1) is 10.4. The van der Waals surface area contributed by atoms with Crippen LogP contribution in [0.25, 0.3) is 0 Å². The fraction of sp³-hybridized carbons (Fsp3) is 0.375. The van der Waals surface area contributed by atoms with Crippen LogP contribution in [0.5, 0.6) is 0 Å². The van der Waals surface area contributed by atoms with Crippen molar-refractivity contribution in [2.45, 2.75) is 12.5 Å². The van der Waals surface area contributed by atoms with E-state index < -0.39 is 0 Å². The molecule has 0 aliphatic rings. The van der Waals surface area contributed by atoms with E-state index in [1.165, 1.54) is 0 Å². The Labute approximate surface area is 135 Å². The van der Waals surface area contributed by atoms with Crippen LogP contribution in [0, 0.1) is 0 Å². The van der Waals surface area contributed by atoms with Crippen molar-refractivity contribution in [3.05, 3.63) is 52.8 Å². The summed E-state index contributed by atoms with van der Waals surface area (Å²) < 4.78 is 1.69. The smallest absolute Gasteiger partial charge is 0.225 e. The van der Waals surface area contributed by atoms with E-state index in [-0.39, 0.29) is 11.9 Å². The topological polar surface area (TPSA) is 50.2 Å². The van der Waals surface area contributed by atoms with Gasteiger partial charge in [-0.2, -0.15) is 5.10 Å². The lowest BCUT2D eigenvalue weighted by atomic mass is 10.1.